The first kappa shape index (κ1) is 19.6. The van der Waals surface area contributed by atoms with Crippen molar-refractivity contribution in [2.24, 2.45) is 0 Å². The van der Waals surface area contributed by atoms with Gasteiger partial charge in [-0.1, -0.05) is 12.1 Å². The summed E-state index contributed by atoms with van der Waals surface area (Å²) < 4.78 is 24.2. The zero-order valence-electron chi connectivity index (χ0n) is 17.1. The molecule has 0 radical (unpaired) electrons. The van der Waals surface area contributed by atoms with Gasteiger partial charge in [0.15, 0.2) is 0 Å². The van der Waals surface area contributed by atoms with Crippen LogP contribution in [0.3, 0.4) is 0 Å². The third-order valence-electron chi connectivity index (χ3n) is 6.39. The van der Waals surface area contributed by atoms with Crippen LogP contribution in [0.4, 0.5) is 4.39 Å². The van der Waals surface area contributed by atoms with Crippen molar-refractivity contribution >= 4 is 5.97 Å². The van der Waals surface area contributed by atoms with Crippen molar-refractivity contribution in [2.45, 2.75) is 37.6 Å². The van der Waals surface area contributed by atoms with Crippen molar-refractivity contribution in [2.75, 3.05) is 20.7 Å². The minimum Gasteiger partial charge on any atom is -0.496 e. The predicted molar refractivity (Wildman–Crippen MR) is 110 cm³/mol. The van der Waals surface area contributed by atoms with Gasteiger partial charge < -0.3 is 9.47 Å². The molecule has 4 nitrogen and oxygen atoms in total. The highest BCUT2D eigenvalue weighted by atomic mass is 19.1. The number of esters is 1. The van der Waals surface area contributed by atoms with Gasteiger partial charge in [-0.3, -0.25) is 4.90 Å². The van der Waals surface area contributed by atoms with Crippen LogP contribution >= 0.6 is 0 Å². The monoisotopic (exact) mass is 395 g/mol. The lowest BCUT2D eigenvalue weighted by Gasteiger charge is -2.40. The molecule has 5 heteroatoms. The highest BCUT2D eigenvalue weighted by Gasteiger charge is 2.48. The third kappa shape index (κ3) is 3.55. The molecule has 29 heavy (non-hydrogen) atoms. The summed E-state index contributed by atoms with van der Waals surface area (Å²) in [6.45, 7) is 3.06. The normalized spacial score (nSPS) is 24.0. The third-order valence-corrected chi connectivity index (χ3v) is 6.39. The molecule has 2 aliphatic rings. The summed E-state index contributed by atoms with van der Waals surface area (Å²) >= 11 is 0. The number of ether oxygens (including phenoxy) is 2. The summed E-state index contributed by atoms with van der Waals surface area (Å²) in [6.07, 6.45) is 4.77. The van der Waals surface area contributed by atoms with Gasteiger partial charge in [0.05, 0.1) is 12.7 Å². The number of aryl methyl sites for hydroxylation is 1. The Bertz CT molecular complexity index is 953. The number of rotatable bonds is 4. The lowest BCUT2D eigenvalue weighted by atomic mass is 9.68. The molecule has 2 aromatic carbocycles. The number of likely N-dealkylation sites (N-methyl/N-ethyl adjacent to an activating group) is 1. The maximum absolute atomic E-state index is 13.1. The first-order valence-electron chi connectivity index (χ1n) is 9.97. The second-order valence-electron chi connectivity index (χ2n) is 8.05. The zero-order valence-corrected chi connectivity index (χ0v) is 17.1. The number of hydrogen-bond acceptors (Lipinski definition) is 4. The number of fused-ring (bicyclic) bond motifs is 1. The molecule has 2 atom stereocenters. The summed E-state index contributed by atoms with van der Waals surface area (Å²) in [5, 5.41) is 0. The van der Waals surface area contributed by atoms with E-state index >= 15 is 0 Å². The Kier molecular flexibility index (Phi) is 5.17. The van der Waals surface area contributed by atoms with Crippen LogP contribution in [0.25, 0.3) is 0 Å². The minimum atomic E-state index is -0.440. The maximum Gasteiger partial charge on any atom is 0.343 e. The SMILES string of the molecule is COc1ccc([C@@]23CCC(OC(=O)c4ccc(F)cc4)=C[C@@H]2N(C)CC3)cc1C. The lowest BCUT2D eigenvalue weighted by molar-refractivity contribution is 0.0593. The quantitative estimate of drug-likeness (QED) is 0.708. The van der Waals surface area contributed by atoms with Crippen molar-refractivity contribution in [3.63, 3.8) is 0 Å². The molecule has 4 rings (SSSR count). The second-order valence-corrected chi connectivity index (χ2v) is 8.05. The van der Waals surface area contributed by atoms with Crippen LogP contribution in [0.15, 0.2) is 54.3 Å². The van der Waals surface area contributed by atoms with Gasteiger partial charge in [0.1, 0.15) is 17.3 Å². The second kappa shape index (κ2) is 7.64. The molecule has 1 heterocycles. The molecular weight excluding hydrogens is 369 g/mol. The number of methoxy groups -OCH3 is 1. The first-order chi connectivity index (χ1) is 13.9. The number of nitrogens with zero attached hydrogens (tertiary/aromatic N) is 1. The smallest absolute Gasteiger partial charge is 0.343 e. The Hall–Kier alpha value is -2.66. The van der Waals surface area contributed by atoms with Crippen LogP contribution in [0.2, 0.25) is 0 Å². The van der Waals surface area contributed by atoms with E-state index in [1.165, 1.54) is 29.8 Å². The number of likely N-dealkylation sites (tertiary alicyclic amines) is 1. The molecule has 1 fully saturated rings. The fourth-order valence-electron chi connectivity index (χ4n) is 4.75. The van der Waals surface area contributed by atoms with Gasteiger partial charge in [-0.25, -0.2) is 9.18 Å². The molecule has 0 spiro atoms. The predicted octanol–water partition coefficient (Wildman–Crippen LogP) is 4.62. The van der Waals surface area contributed by atoms with Gasteiger partial charge in [0, 0.05) is 17.9 Å². The number of carbonyl (C=O) groups is 1. The van der Waals surface area contributed by atoms with E-state index in [0.29, 0.717) is 17.7 Å². The molecule has 1 aliphatic heterocycles. The van der Waals surface area contributed by atoms with E-state index in [2.05, 4.69) is 37.1 Å². The van der Waals surface area contributed by atoms with Crippen LogP contribution < -0.4 is 4.74 Å². The van der Waals surface area contributed by atoms with Crippen LogP contribution in [0.5, 0.6) is 5.75 Å². The topological polar surface area (TPSA) is 38.8 Å². The largest absolute Gasteiger partial charge is 0.496 e. The van der Waals surface area contributed by atoms with Gasteiger partial charge in [-0.15, -0.1) is 0 Å². The maximum atomic E-state index is 13.1. The van der Waals surface area contributed by atoms with Gasteiger partial charge in [0.2, 0.25) is 0 Å². The number of benzene rings is 2. The van der Waals surface area contributed by atoms with E-state index in [1.807, 2.05) is 6.07 Å². The molecule has 0 N–H and O–H groups in total. The van der Waals surface area contributed by atoms with Crippen molar-refractivity contribution in [3.05, 3.63) is 76.8 Å². The number of carbonyl (C=O) groups excluding carboxylic acids is 1. The Morgan fingerprint density at radius 3 is 2.62 bits per heavy atom. The highest BCUT2D eigenvalue weighted by molar-refractivity contribution is 5.90. The average Bonchev–Trinajstić information content (AvgIpc) is 3.06. The number of hydrogen-bond donors (Lipinski definition) is 0. The fraction of sp³-hybridized carbons (Fsp3) is 0.375. The van der Waals surface area contributed by atoms with Crippen molar-refractivity contribution in [3.8, 4) is 5.75 Å². The Morgan fingerprint density at radius 2 is 1.93 bits per heavy atom. The standard InChI is InChI=1S/C24H26FNO3/c1-16-14-18(6-9-21(16)28-3)24-11-10-20(15-22(24)26(2)13-12-24)29-23(27)17-4-7-19(25)8-5-17/h4-9,14-15,22H,10-13H2,1-3H3/t22-,24-/m0/s1. The van der Waals surface area contributed by atoms with Gasteiger partial charge >= 0.3 is 5.97 Å². The number of halogens is 1. The molecule has 0 aromatic heterocycles. The zero-order chi connectivity index (χ0) is 20.6. The first-order valence-corrected chi connectivity index (χ1v) is 9.97. The Morgan fingerprint density at radius 1 is 1.17 bits per heavy atom. The summed E-state index contributed by atoms with van der Waals surface area (Å²) in [4.78, 5) is 14.8. The van der Waals surface area contributed by atoms with Gasteiger partial charge in [0.25, 0.3) is 0 Å². The highest BCUT2D eigenvalue weighted by Crippen LogP contribution is 2.48. The van der Waals surface area contributed by atoms with Crippen LogP contribution in [0, 0.1) is 12.7 Å². The summed E-state index contributed by atoms with van der Waals surface area (Å²) in [6, 6.07) is 12.1. The lowest BCUT2D eigenvalue weighted by Crippen LogP contribution is -2.42. The minimum absolute atomic E-state index is 0.0115. The molecule has 0 bridgehead atoms. The average molecular weight is 395 g/mol. The van der Waals surface area contributed by atoms with Crippen molar-refractivity contribution < 1.29 is 18.7 Å². The molecule has 2 aromatic rings. The molecular formula is C24H26FNO3. The number of allylic oxidation sites excluding steroid dienone is 1. The summed E-state index contributed by atoms with van der Waals surface area (Å²) in [5.41, 5.74) is 2.81. The van der Waals surface area contributed by atoms with Gasteiger partial charge in [-0.05, 0) is 80.9 Å². The van der Waals surface area contributed by atoms with E-state index in [1.54, 1.807) is 7.11 Å². The molecule has 0 saturated carbocycles. The molecule has 0 unspecified atom stereocenters. The molecule has 1 saturated heterocycles. The van der Waals surface area contributed by atoms with E-state index in [0.717, 1.165) is 30.7 Å². The van der Waals surface area contributed by atoms with E-state index < -0.39 is 5.97 Å². The van der Waals surface area contributed by atoms with Crippen LogP contribution in [-0.2, 0) is 10.2 Å². The Labute approximate surface area is 170 Å². The molecule has 152 valence electrons. The van der Waals surface area contributed by atoms with E-state index in [-0.39, 0.29) is 17.3 Å². The van der Waals surface area contributed by atoms with E-state index in [9.17, 15) is 9.18 Å². The van der Waals surface area contributed by atoms with Gasteiger partial charge in [-0.2, -0.15) is 0 Å². The van der Waals surface area contributed by atoms with Crippen LogP contribution in [0.1, 0.15) is 40.7 Å². The van der Waals surface area contributed by atoms with Crippen molar-refractivity contribution in [1.29, 1.82) is 0 Å². The summed E-state index contributed by atoms with van der Waals surface area (Å²) in [7, 11) is 3.81. The van der Waals surface area contributed by atoms with Crippen molar-refractivity contribution in [1.82, 2.24) is 4.90 Å². The molecule has 0 amide bonds. The van der Waals surface area contributed by atoms with E-state index in [4.69, 9.17) is 9.47 Å². The summed E-state index contributed by atoms with van der Waals surface area (Å²) in [5.74, 6) is 0.780. The molecule has 1 aliphatic carbocycles. The van der Waals surface area contributed by atoms with Crippen LogP contribution in [-0.4, -0.2) is 37.6 Å². The fourth-order valence-corrected chi connectivity index (χ4v) is 4.75. The Balaban J connectivity index is 1.60.